The molecule has 1 N–H and O–H groups in total. The van der Waals surface area contributed by atoms with Gasteiger partial charge in [-0.15, -0.1) is 0 Å². The number of aryl methyl sites for hydroxylation is 1. The molecule has 2 aromatic rings. The Morgan fingerprint density at radius 1 is 1.08 bits per heavy atom. The first-order chi connectivity index (χ1) is 12.2. The number of hydrogen-bond acceptors (Lipinski definition) is 3. The average molecular weight is 337 g/mol. The van der Waals surface area contributed by atoms with Crippen LogP contribution in [0.5, 0.6) is 0 Å². The summed E-state index contributed by atoms with van der Waals surface area (Å²) < 4.78 is 0. The standard InChI is InChI=1S/C20H23N3O2/c24-19(9-8-16-5-4-12-21-15-16)23-13-10-17(11-14-23)20(25)22-18-6-2-1-3-7-18/h1-7,12,15,17H,8-11,13-14H2,(H,22,25). The summed E-state index contributed by atoms with van der Waals surface area (Å²) >= 11 is 0. The van der Waals surface area contributed by atoms with Crippen molar-refractivity contribution in [2.45, 2.75) is 25.7 Å². The maximum atomic E-state index is 12.3. The molecule has 1 aromatic heterocycles. The van der Waals surface area contributed by atoms with Crippen LogP contribution in [0.2, 0.25) is 0 Å². The minimum Gasteiger partial charge on any atom is -0.343 e. The van der Waals surface area contributed by atoms with Crippen molar-refractivity contribution in [3.8, 4) is 0 Å². The molecule has 5 heteroatoms. The number of benzene rings is 1. The van der Waals surface area contributed by atoms with Crippen molar-refractivity contribution in [1.82, 2.24) is 9.88 Å². The lowest BCUT2D eigenvalue weighted by Crippen LogP contribution is -2.41. The van der Waals surface area contributed by atoms with Gasteiger partial charge in [0.1, 0.15) is 0 Å². The van der Waals surface area contributed by atoms with Crippen molar-refractivity contribution in [3.05, 3.63) is 60.4 Å². The van der Waals surface area contributed by atoms with Crippen LogP contribution in [0, 0.1) is 5.92 Å². The number of aromatic nitrogens is 1. The Balaban J connectivity index is 1.43. The van der Waals surface area contributed by atoms with Gasteiger partial charge in [0.05, 0.1) is 0 Å². The van der Waals surface area contributed by atoms with Crippen LogP contribution in [0.3, 0.4) is 0 Å². The zero-order valence-electron chi connectivity index (χ0n) is 14.2. The molecule has 0 atom stereocenters. The number of carbonyl (C=O) groups excluding carboxylic acids is 2. The molecular weight excluding hydrogens is 314 g/mol. The van der Waals surface area contributed by atoms with E-state index < -0.39 is 0 Å². The van der Waals surface area contributed by atoms with Crippen LogP contribution in [0.15, 0.2) is 54.9 Å². The zero-order chi connectivity index (χ0) is 17.5. The summed E-state index contributed by atoms with van der Waals surface area (Å²) in [5, 5.41) is 2.95. The molecule has 1 aromatic carbocycles. The second-order valence-corrected chi connectivity index (χ2v) is 6.37. The SMILES string of the molecule is O=C(Nc1ccccc1)C1CCN(C(=O)CCc2cccnc2)CC1. The lowest BCUT2D eigenvalue weighted by Gasteiger charge is -2.31. The molecule has 0 saturated carbocycles. The maximum Gasteiger partial charge on any atom is 0.227 e. The lowest BCUT2D eigenvalue weighted by atomic mass is 9.95. The number of pyridine rings is 1. The normalized spacial score (nSPS) is 15.0. The molecule has 0 spiro atoms. The van der Waals surface area contributed by atoms with Gasteiger partial charge in [0.2, 0.25) is 11.8 Å². The van der Waals surface area contributed by atoms with Gasteiger partial charge < -0.3 is 10.2 Å². The first-order valence-electron chi connectivity index (χ1n) is 8.75. The lowest BCUT2D eigenvalue weighted by molar-refractivity contribution is -0.134. The molecule has 1 saturated heterocycles. The maximum absolute atomic E-state index is 12.3. The topological polar surface area (TPSA) is 62.3 Å². The summed E-state index contributed by atoms with van der Waals surface area (Å²) in [4.78, 5) is 30.6. The third-order valence-electron chi connectivity index (χ3n) is 4.61. The number of carbonyl (C=O) groups is 2. The van der Waals surface area contributed by atoms with Crippen molar-refractivity contribution in [3.63, 3.8) is 0 Å². The number of likely N-dealkylation sites (tertiary alicyclic amines) is 1. The molecule has 2 amide bonds. The number of rotatable bonds is 5. The predicted molar refractivity (Wildman–Crippen MR) is 96.9 cm³/mol. The quantitative estimate of drug-likeness (QED) is 0.912. The highest BCUT2D eigenvalue weighted by molar-refractivity contribution is 5.92. The summed E-state index contributed by atoms with van der Waals surface area (Å²) in [6, 6.07) is 13.4. The molecule has 2 heterocycles. The van der Waals surface area contributed by atoms with Crippen molar-refractivity contribution < 1.29 is 9.59 Å². The highest BCUT2D eigenvalue weighted by atomic mass is 16.2. The number of hydrogen-bond donors (Lipinski definition) is 1. The molecule has 130 valence electrons. The second kappa shape index (κ2) is 8.42. The van der Waals surface area contributed by atoms with Crippen LogP contribution in [0.25, 0.3) is 0 Å². The van der Waals surface area contributed by atoms with Gasteiger partial charge in [-0.25, -0.2) is 0 Å². The van der Waals surface area contributed by atoms with E-state index in [1.807, 2.05) is 47.4 Å². The molecule has 0 aliphatic carbocycles. The summed E-state index contributed by atoms with van der Waals surface area (Å²) in [6.07, 6.45) is 6.17. The summed E-state index contributed by atoms with van der Waals surface area (Å²) in [7, 11) is 0. The van der Waals surface area contributed by atoms with Crippen molar-refractivity contribution in [1.29, 1.82) is 0 Å². The van der Waals surface area contributed by atoms with Crippen LogP contribution in [-0.2, 0) is 16.0 Å². The zero-order valence-corrected chi connectivity index (χ0v) is 14.2. The van der Waals surface area contributed by atoms with Gasteiger partial charge in [-0.05, 0) is 43.0 Å². The van der Waals surface area contributed by atoms with Gasteiger partial charge in [0.25, 0.3) is 0 Å². The van der Waals surface area contributed by atoms with Crippen LogP contribution in [0.4, 0.5) is 5.69 Å². The molecule has 5 nitrogen and oxygen atoms in total. The number of amides is 2. The first kappa shape index (κ1) is 17.1. The van der Waals surface area contributed by atoms with Gasteiger partial charge in [0.15, 0.2) is 0 Å². The fourth-order valence-corrected chi connectivity index (χ4v) is 3.11. The second-order valence-electron chi connectivity index (χ2n) is 6.37. The van der Waals surface area contributed by atoms with E-state index in [2.05, 4.69) is 10.3 Å². The van der Waals surface area contributed by atoms with Crippen LogP contribution >= 0.6 is 0 Å². The third kappa shape index (κ3) is 4.89. The van der Waals surface area contributed by atoms with Crippen molar-refractivity contribution in [2.24, 2.45) is 5.92 Å². The summed E-state index contributed by atoms with van der Waals surface area (Å²) in [5.74, 6) is 0.182. The minimum atomic E-state index is -0.0254. The fraction of sp³-hybridized carbons (Fsp3) is 0.350. The first-order valence-corrected chi connectivity index (χ1v) is 8.75. The van der Waals surface area contributed by atoms with E-state index >= 15 is 0 Å². The number of para-hydroxylation sites is 1. The average Bonchev–Trinajstić information content (AvgIpc) is 2.68. The predicted octanol–water partition coefficient (Wildman–Crippen LogP) is 2.89. The van der Waals surface area contributed by atoms with Gasteiger partial charge in [-0.3, -0.25) is 14.6 Å². The van der Waals surface area contributed by atoms with Crippen LogP contribution < -0.4 is 5.32 Å². The third-order valence-corrected chi connectivity index (χ3v) is 4.61. The Kier molecular flexibility index (Phi) is 5.77. The van der Waals surface area contributed by atoms with E-state index in [1.165, 1.54) is 0 Å². The number of anilines is 1. The molecule has 3 rings (SSSR count). The largest absolute Gasteiger partial charge is 0.343 e. The van der Waals surface area contributed by atoms with Crippen LogP contribution in [-0.4, -0.2) is 34.8 Å². The highest BCUT2D eigenvalue weighted by Crippen LogP contribution is 2.20. The summed E-state index contributed by atoms with van der Waals surface area (Å²) in [5.41, 5.74) is 1.90. The number of piperidine rings is 1. The van der Waals surface area contributed by atoms with Crippen LogP contribution in [0.1, 0.15) is 24.8 Å². The Morgan fingerprint density at radius 2 is 1.84 bits per heavy atom. The molecule has 1 fully saturated rings. The van der Waals surface area contributed by atoms with Crippen molar-refractivity contribution >= 4 is 17.5 Å². The fourth-order valence-electron chi connectivity index (χ4n) is 3.11. The van der Waals surface area contributed by atoms with E-state index in [1.54, 1.807) is 12.4 Å². The van der Waals surface area contributed by atoms with Gasteiger partial charge in [-0.1, -0.05) is 24.3 Å². The molecule has 0 radical (unpaired) electrons. The Bertz CT molecular complexity index is 695. The van der Waals surface area contributed by atoms with E-state index in [-0.39, 0.29) is 17.7 Å². The molecular formula is C20H23N3O2. The van der Waals surface area contributed by atoms with Crippen molar-refractivity contribution in [2.75, 3.05) is 18.4 Å². The number of nitrogens with zero attached hydrogens (tertiary/aromatic N) is 2. The van der Waals surface area contributed by atoms with E-state index in [0.717, 1.165) is 24.1 Å². The molecule has 1 aliphatic heterocycles. The Hall–Kier alpha value is -2.69. The molecule has 25 heavy (non-hydrogen) atoms. The van der Waals surface area contributed by atoms with Gasteiger partial charge in [-0.2, -0.15) is 0 Å². The molecule has 1 aliphatic rings. The summed E-state index contributed by atoms with van der Waals surface area (Å²) in [6.45, 7) is 1.30. The number of nitrogens with one attached hydrogen (secondary N) is 1. The van der Waals surface area contributed by atoms with E-state index in [9.17, 15) is 9.59 Å². The minimum absolute atomic E-state index is 0.0254. The molecule has 0 unspecified atom stereocenters. The van der Waals surface area contributed by atoms with Gasteiger partial charge in [0, 0.05) is 43.5 Å². The highest BCUT2D eigenvalue weighted by Gasteiger charge is 2.27. The smallest absolute Gasteiger partial charge is 0.227 e. The van der Waals surface area contributed by atoms with Gasteiger partial charge >= 0.3 is 0 Å². The monoisotopic (exact) mass is 337 g/mol. The Labute approximate surface area is 148 Å². The van der Waals surface area contributed by atoms with E-state index in [0.29, 0.717) is 25.9 Å². The Morgan fingerprint density at radius 3 is 2.52 bits per heavy atom. The molecule has 0 bridgehead atoms. The van der Waals surface area contributed by atoms with E-state index in [4.69, 9.17) is 0 Å².